The second-order valence-electron chi connectivity index (χ2n) is 9.99. The summed E-state index contributed by atoms with van der Waals surface area (Å²) in [6, 6.07) is 0. The Morgan fingerprint density at radius 2 is 0.773 bits per heavy atom. The molecule has 0 aromatic carbocycles. The zero-order valence-corrected chi connectivity index (χ0v) is 27.9. The van der Waals surface area contributed by atoms with Crippen LogP contribution in [0.3, 0.4) is 0 Å². The van der Waals surface area contributed by atoms with E-state index in [2.05, 4.69) is 13.8 Å². The summed E-state index contributed by atoms with van der Waals surface area (Å²) in [6.45, 7) is 14.2. The van der Waals surface area contributed by atoms with Crippen LogP contribution in [0.15, 0.2) is 0 Å². The third kappa shape index (κ3) is 32.0. The molecule has 0 saturated carbocycles. The van der Waals surface area contributed by atoms with Crippen molar-refractivity contribution in [1.82, 2.24) is 0 Å². The van der Waals surface area contributed by atoms with E-state index in [-0.39, 0.29) is 31.1 Å². The van der Waals surface area contributed by atoms with Gasteiger partial charge in [0.05, 0.1) is 112 Å². The molecule has 0 aromatic rings. The van der Waals surface area contributed by atoms with Crippen molar-refractivity contribution in [3.05, 3.63) is 0 Å². The van der Waals surface area contributed by atoms with Crippen molar-refractivity contribution in [3.63, 3.8) is 0 Å². The zero-order valence-electron chi connectivity index (χ0n) is 27.9. The molecule has 0 saturated heterocycles. The second-order valence-corrected chi connectivity index (χ2v) is 9.99. The summed E-state index contributed by atoms with van der Waals surface area (Å²) in [5, 5.41) is 0. The molecule has 1 atom stereocenters. The third-order valence-corrected chi connectivity index (χ3v) is 6.28. The van der Waals surface area contributed by atoms with Crippen LogP contribution in [-0.2, 0) is 57.0 Å². The Bertz CT molecular complexity index is 608. The van der Waals surface area contributed by atoms with E-state index in [9.17, 15) is 9.59 Å². The molecule has 12 heteroatoms. The fraction of sp³-hybridized carbons (Fsp3) is 0.938. The lowest BCUT2D eigenvalue weighted by atomic mass is 10.00. The standard InChI is InChI=1S/C32H62O12/c1-4-7-9-11-31(33)43-28-26-41-24-22-39-20-18-37-16-14-35-12-13-36-15-17-38-19-21-40-23-25-42-27-29-44-32(34)30(6-3)10-8-5-2/h30H,4-29H2,1-3H3. The Hall–Kier alpha value is -1.38. The Morgan fingerprint density at radius 1 is 0.432 bits per heavy atom. The highest BCUT2D eigenvalue weighted by atomic mass is 16.6. The lowest BCUT2D eigenvalue weighted by molar-refractivity contribution is -0.150. The van der Waals surface area contributed by atoms with Crippen molar-refractivity contribution in [3.8, 4) is 0 Å². The molecule has 0 bridgehead atoms. The van der Waals surface area contributed by atoms with Crippen molar-refractivity contribution < 1.29 is 57.0 Å². The monoisotopic (exact) mass is 638 g/mol. The van der Waals surface area contributed by atoms with Gasteiger partial charge in [0.2, 0.25) is 0 Å². The number of unbranched alkanes of at least 4 members (excludes halogenated alkanes) is 3. The van der Waals surface area contributed by atoms with Gasteiger partial charge in [0.25, 0.3) is 0 Å². The van der Waals surface area contributed by atoms with E-state index in [0.29, 0.717) is 112 Å². The molecule has 0 aliphatic carbocycles. The van der Waals surface area contributed by atoms with Crippen LogP contribution in [0.5, 0.6) is 0 Å². The molecule has 0 spiro atoms. The number of rotatable bonds is 36. The van der Waals surface area contributed by atoms with E-state index in [1.165, 1.54) is 0 Å². The van der Waals surface area contributed by atoms with Crippen molar-refractivity contribution in [2.24, 2.45) is 5.92 Å². The van der Waals surface area contributed by atoms with Crippen LogP contribution >= 0.6 is 0 Å². The van der Waals surface area contributed by atoms with E-state index in [1.54, 1.807) is 0 Å². The SMILES string of the molecule is CCCCCC(=O)OCCOCCOCCOCCOCCOCCOCCOCCOCCOC(=O)C(CC)CCCC. The van der Waals surface area contributed by atoms with Crippen molar-refractivity contribution in [2.45, 2.75) is 72.1 Å². The average Bonchev–Trinajstić information content (AvgIpc) is 3.02. The maximum absolute atomic E-state index is 12.0. The number of esters is 2. The average molecular weight is 639 g/mol. The highest BCUT2D eigenvalue weighted by Gasteiger charge is 2.16. The van der Waals surface area contributed by atoms with Gasteiger partial charge in [0, 0.05) is 6.42 Å². The van der Waals surface area contributed by atoms with Crippen LogP contribution in [0.1, 0.15) is 72.1 Å². The molecule has 0 aliphatic rings. The molecular formula is C32H62O12. The molecule has 0 fully saturated rings. The molecule has 262 valence electrons. The van der Waals surface area contributed by atoms with Crippen LogP contribution < -0.4 is 0 Å². The van der Waals surface area contributed by atoms with Gasteiger partial charge in [-0.1, -0.05) is 46.5 Å². The Balaban J connectivity index is 3.18. The Morgan fingerprint density at radius 3 is 1.11 bits per heavy atom. The fourth-order valence-corrected chi connectivity index (χ4v) is 3.71. The molecule has 1 unspecified atom stereocenters. The minimum Gasteiger partial charge on any atom is -0.463 e. The molecule has 0 aromatic heterocycles. The predicted octanol–water partition coefficient (Wildman–Crippen LogP) is 4.00. The van der Waals surface area contributed by atoms with Gasteiger partial charge >= 0.3 is 11.9 Å². The van der Waals surface area contributed by atoms with Gasteiger partial charge in [-0.25, -0.2) is 0 Å². The van der Waals surface area contributed by atoms with E-state index < -0.39 is 0 Å². The topological polar surface area (TPSA) is 126 Å². The molecular weight excluding hydrogens is 576 g/mol. The van der Waals surface area contributed by atoms with Gasteiger partial charge in [-0.15, -0.1) is 0 Å². The third-order valence-electron chi connectivity index (χ3n) is 6.28. The summed E-state index contributed by atoms with van der Waals surface area (Å²) in [6.07, 6.45) is 7.32. The summed E-state index contributed by atoms with van der Waals surface area (Å²) in [5.74, 6) is -0.287. The van der Waals surface area contributed by atoms with Crippen LogP contribution in [-0.4, -0.2) is 131 Å². The molecule has 0 radical (unpaired) electrons. The minimum absolute atomic E-state index is 0.00438. The molecule has 44 heavy (non-hydrogen) atoms. The fourth-order valence-electron chi connectivity index (χ4n) is 3.71. The van der Waals surface area contributed by atoms with Crippen LogP contribution in [0, 0.1) is 5.92 Å². The smallest absolute Gasteiger partial charge is 0.308 e. The lowest BCUT2D eigenvalue weighted by Crippen LogP contribution is -2.20. The first-order valence-electron chi connectivity index (χ1n) is 16.6. The highest BCUT2D eigenvalue weighted by Crippen LogP contribution is 2.14. The molecule has 12 nitrogen and oxygen atoms in total. The van der Waals surface area contributed by atoms with Gasteiger partial charge < -0.3 is 47.4 Å². The van der Waals surface area contributed by atoms with Gasteiger partial charge in [-0.05, 0) is 19.3 Å². The lowest BCUT2D eigenvalue weighted by Gasteiger charge is -2.13. The van der Waals surface area contributed by atoms with E-state index >= 15 is 0 Å². The largest absolute Gasteiger partial charge is 0.463 e. The quantitative estimate of drug-likeness (QED) is 0.0727. The van der Waals surface area contributed by atoms with Gasteiger partial charge in [0.15, 0.2) is 0 Å². The second kappa shape index (κ2) is 36.1. The number of hydrogen-bond donors (Lipinski definition) is 0. The first-order chi connectivity index (χ1) is 21.7. The predicted molar refractivity (Wildman–Crippen MR) is 166 cm³/mol. The van der Waals surface area contributed by atoms with Gasteiger partial charge in [-0.2, -0.15) is 0 Å². The van der Waals surface area contributed by atoms with Crippen molar-refractivity contribution in [1.29, 1.82) is 0 Å². The number of carbonyl (C=O) groups excluding carboxylic acids is 2. The summed E-state index contributed by atoms with van der Waals surface area (Å²) < 4.78 is 53.9. The normalized spacial score (nSPS) is 12.0. The molecule has 0 N–H and O–H groups in total. The zero-order chi connectivity index (χ0) is 32.2. The van der Waals surface area contributed by atoms with Crippen molar-refractivity contribution in [2.75, 3.05) is 119 Å². The number of carbonyl (C=O) groups is 2. The maximum Gasteiger partial charge on any atom is 0.308 e. The number of ether oxygens (including phenoxy) is 10. The van der Waals surface area contributed by atoms with E-state index in [4.69, 9.17) is 47.4 Å². The Labute approximate surface area is 266 Å². The van der Waals surface area contributed by atoms with Crippen LogP contribution in [0.4, 0.5) is 0 Å². The van der Waals surface area contributed by atoms with Crippen molar-refractivity contribution >= 4 is 11.9 Å². The summed E-state index contributed by atoms with van der Waals surface area (Å²) in [4.78, 5) is 23.5. The van der Waals surface area contributed by atoms with E-state index in [0.717, 1.165) is 44.9 Å². The minimum atomic E-state index is -0.161. The van der Waals surface area contributed by atoms with Gasteiger partial charge in [0.1, 0.15) is 13.2 Å². The molecule has 0 rings (SSSR count). The first-order valence-corrected chi connectivity index (χ1v) is 16.6. The maximum atomic E-state index is 12.0. The van der Waals surface area contributed by atoms with Crippen LogP contribution in [0.25, 0.3) is 0 Å². The Kier molecular flexibility index (Phi) is 35.0. The highest BCUT2D eigenvalue weighted by molar-refractivity contribution is 5.72. The summed E-state index contributed by atoms with van der Waals surface area (Å²) in [7, 11) is 0. The summed E-state index contributed by atoms with van der Waals surface area (Å²) >= 11 is 0. The summed E-state index contributed by atoms with van der Waals surface area (Å²) in [5.41, 5.74) is 0. The first kappa shape index (κ1) is 42.6. The van der Waals surface area contributed by atoms with E-state index in [1.807, 2.05) is 6.92 Å². The molecule has 0 aliphatic heterocycles. The van der Waals surface area contributed by atoms with Gasteiger partial charge in [-0.3, -0.25) is 9.59 Å². The molecule has 0 amide bonds. The number of hydrogen-bond acceptors (Lipinski definition) is 12. The van der Waals surface area contributed by atoms with Crippen LogP contribution in [0.2, 0.25) is 0 Å². The molecule has 0 heterocycles.